The minimum Gasteiger partial charge on any atom is -0.306 e. The second kappa shape index (κ2) is 4.71. The van der Waals surface area contributed by atoms with Gasteiger partial charge in [0.1, 0.15) is 6.33 Å². The maximum absolute atomic E-state index is 11.3. The number of hydrogen-bond donors (Lipinski definition) is 2. The zero-order chi connectivity index (χ0) is 10.6. The molecule has 0 aliphatic carbocycles. The average molecular weight is 197 g/mol. The normalized spacial score (nSPS) is 10.6. The second-order valence-corrected chi connectivity index (χ2v) is 3.29. The van der Waals surface area contributed by atoms with E-state index in [1.54, 1.807) is 7.05 Å². The third kappa shape index (κ3) is 3.14. The standard InChI is InChI=1S/C8H15N5O/c1-6(2)9-4-7(14)12-8-10-5-11-13(8)3/h5-6,9H,4H2,1-3H3,(H,10,11,12,14). The van der Waals surface area contributed by atoms with Crippen LogP contribution in [0.1, 0.15) is 13.8 Å². The molecule has 0 saturated carbocycles. The van der Waals surface area contributed by atoms with E-state index in [-0.39, 0.29) is 12.5 Å². The van der Waals surface area contributed by atoms with E-state index in [9.17, 15) is 4.79 Å². The molecule has 0 saturated heterocycles. The Hall–Kier alpha value is -1.43. The minimum atomic E-state index is -0.116. The first-order valence-corrected chi connectivity index (χ1v) is 4.47. The van der Waals surface area contributed by atoms with Crippen LogP contribution in [-0.4, -0.2) is 33.3 Å². The average Bonchev–Trinajstić information content (AvgIpc) is 2.49. The van der Waals surface area contributed by atoms with Crippen molar-refractivity contribution in [3.05, 3.63) is 6.33 Å². The van der Waals surface area contributed by atoms with Crippen LogP contribution >= 0.6 is 0 Å². The van der Waals surface area contributed by atoms with Gasteiger partial charge in [-0.3, -0.25) is 10.1 Å². The quantitative estimate of drug-likeness (QED) is 0.698. The van der Waals surface area contributed by atoms with Crippen LogP contribution in [0.2, 0.25) is 0 Å². The Morgan fingerprint density at radius 2 is 2.36 bits per heavy atom. The highest BCUT2D eigenvalue weighted by Crippen LogP contribution is 1.96. The predicted molar refractivity (Wildman–Crippen MR) is 52.8 cm³/mol. The number of aryl methyl sites for hydroxylation is 1. The summed E-state index contributed by atoms with van der Waals surface area (Å²) in [7, 11) is 1.72. The fourth-order valence-electron chi connectivity index (χ4n) is 0.875. The van der Waals surface area contributed by atoms with Gasteiger partial charge < -0.3 is 5.32 Å². The summed E-state index contributed by atoms with van der Waals surface area (Å²) in [5.41, 5.74) is 0. The number of hydrogen-bond acceptors (Lipinski definition) is 4. The molecule has 14 heavy (non-hydrogen) atoms. The third-order valence-electron chi connectivity index (χ3n) is 1.63. The molecular weight excluding hydrogens is 182 g/mol. The van der Waals surface area contributed by atoms with Gasteiger partial charge in [0.2, 0.25) is 11.9 Å². The number of anilines is 1. The molecule has 6 heteroatoms. The summed E-state index contributed by atoms with van der Waals surface area (Å²) in [6.07, 6.45) is 1.39. The van der Waals surface area contributed by atoms with Gasteiger partial charge in [0.05, 0.1) is 6.54 Å². The maximum atomic E-state index is 11.3. The van der Waals surface area contributed by atoms with E-state index < -0.39 is 0 Å². The van der Waals surface area contributed by atoms with E-state index in [0.717, 1.165) is 0 Å². The number of amides is 1. The van der Waals surface area contributed by atoms with Crippen LogP contribution in [0.5, 0.6) is 0 Å². The van der Waals surface area contributed by atoms with Crippen LogP contribution in [0.15, 0.2) is 6.33 Å². The van der Waals surface area contributed by atoms with Gasteiger partial charge in [-0.15, -0.1) is 0 Å². The molecule has 0 aromatic carbocycles. The zero-order valence-corrected chi connectivity index (χ0v) is 8.61. The van der Waals surface area contributed by atoms with Gasteiger partial charge >= 0.3 is 0 Å². The van der Waals surface area contributed by atoms with Crippen molar-refractivity contribution in [3.63, 3.8) is 0 Å². The first kappa shape index (κ1) is 10.6. The van der Waals surface area contributed by atoms with Gasteiger partial charge in [-0.2, -0.15) is 10.1 Å². The Labute approximate surface area is 82.7 Å². The molecule has 78 valence electrons. The topological polar surface area (TPSA) is 71.8 Å². The molecule has 0 atom stereocenters. The lowest BCUT2D eigenvalue weighted by Gasteiger charge is -2.07. The number of rotatable bonds is 4. The van der Waals surface area contributed by atoms with E-state index in [1.165, 1.54) is 11.0 Å². The molecule has 1 rings (SSSR count). The summed E-state index contributed by atoms with van der Waals surface area (Å²) in [5, 5.41) is 9.48. The maximum Gasteiger partial charge on any atom is 0.240 e. The molecule has 2 N–H and O–H groups in total. The molecule has 0 radical (unpaired) electrons. The Morgan fingerprint density at radius 1 is 1.64 bits per heavy atom. The number of carbonyl (C=O) groups excluding carboxylic acids is 1. The molecule has 0 fully saturated rings. The van der Waals surface area contributed by atoms with Crippen molar-refractivity contribution >= 4 is 11.9 Å². The fraction of sp³-hybridized carbons (Fsp3) is 0.625. The molecule has 0 aliphatic rings. The summed E-state index contributed by atoms with van der Waals surface area (Å²) < 4.78 is 1.51. The van der Waals surface area contributed by atoms with Crippen molar-refractivity contribution in [2.75, 3.05) is 11.9 Å². The van der Waals surface area contributed by atoms with Crippen molar-refractivity contribution in [1.82, 2.24) is 20.1 Å². The fourth-order valence-corrected chi connectivity index (χ4v) is 0.875. The summed E-state index contributed by atoms with van der Waals surface area (Å²) in [5.74, 6) is 0.343. The van der Waals surface area contributed by atoms with E-state index in [4.69, 9.17) is 0 Å². The van der Waals surface area contributed by atoms with Gasteiger partial charge in [0.15, 0.2) is 0 Å². The Bertz CT molecular complexity index is 306. The zero-order valence-electron chi connectivity index (χ0n) is 8.61. The van der Waals surface area contributed by atoms with Crippen molar-refractivity contribution in [3.8, 4) is 0 Å². The summed E-state index contributed by atoms with van der Waals surface area (Å²) in [6, 6.07) is 0.292. The van der Waals surface area contributed by atoms with Gasteiger partial charge in [-0.25, -0.2) is 4.68 Å². The molecule has 0 spiro atoms. The van der Waals surface area contributed by atoms with Crippen LogP contribution in [-0.2, 0) is 11.8 Å². The van der Waals surface area contributed by atoms with Crippen LogP contribution in [0, 0.1) is 0 Å². The van der Waals surface area contributed by atoms with Crippen molar-refractivity contribution in [2.45, 2.75) is 19.9 Å². The monoisotopic (exact) mass is 197 g/mol. The first-order valence-electron chi connectivity index (χ1n) is 4.47. The highest BCUT2D eigenvalue weighted by atomic mass is 16.2. The van der Waals surface area contributed by atoms with Crippen LogP contribution < -0.4 is 10.6 Å². The number of carbonyl (C=O) groups is 1. The summed E-state index contributed by atoms with van der Waals surface area (Å²) in [4.78, 5) is 15.2. The van der Waals surface area contributed by atoms with Crippen molar-refractivity contribution < 1.29 is 4.79 Å². The molecule has 1 heterocycles. The minimum absolute atomic E-state index is 0.116. The second-order valence-electron chi connectivity index (χ2n) is 3.29. The first-order chi connectivity index (χ1) is 6.59. The Morgan fingerprint density at radius 3 is 2.86 bits per heavy atom. The molecule has 0 bridgehead atoms. The van der Waals surface area contributed by atoms with Crippen molar-refractivity contribution in [1.29, 1.82) is 0 Å². The SMILES string of the molecule is CC(C)NCC(=O)Nc1ncnn1C. The van der Waals surface area contributed by atoms with Gasteiger partial charge in [-0.05, 0) is 0 Å². The summed E-state index contributed by atoms with van der Waals surface area (Å²) in [6.45, 7) is 4.25. The van der Waals surface area contributed by atoms with E-state index in [1.807, 2.05) is 13.8 Å². The smallest absolute Gasteiger partial charge is 0.240 e. The Balaban J connectivity index is 2.38. The highest BCUT2D eigenvalue weighted by molar-refractivity contribution is 5.90. The molecule has 0 unspecified atom stereocenters. The number of aromatic nitrogens is 3. The molecule has 1 aromatic heterocycles. The van der Waals surface area contributed by atoms with Crippen LogP contribution in [0.25, 0.3) is 0 Å². The van der Waals surface area contributed by atoms with Gasteiger partial charge in [0, 0.05) is 13.1 Å². The Kier molecular flexibility index (Phi) is 3.58. The third-order valence-corrected chi connectivity index (χ3v) is 1.63. The largest absolute Gasteiger partial charge is 0.306 e. The number of nitrogens with zero attached hydrogens (tertiary/aromatic N) is 3. The van der Waals surface area contributed by atoms with Crippen LogP contribution in [0.3, 0.4) is 0 Å². The number of nitrogens with one attached hydrogen (secondary N) is 2. The molecule has 6 nitrogen and oxygen atoms in total. The van der Waals surface area contributed by atoms with Gasteiger partial charge in [0.25, 0.3) is 0 Å². The lowest BCUT2D eigenvalue weighted by molar-refractivity contribution is -0.115. The molecule has 1 amide bonds. The van der Waals surface area contributed by atoms with E-state index in [2.05, 4.69) is 20.7 Å². The van der Waals surface area contributed by atoms with Crippen LogP contribution in [0.4, 0.5) is 5.95 Å². The molecular formula is C8H15N5O. The summed E-state index contributed by atoms with van der Waals surface area (Å²) >= 11 is 0. The highest BCUT2D eigenvalue weighted by Gasteiger charge is 2.06. The molecule has 0 aliphatic heterocycles. The van der Waals surface area contributed by atoms with E-state index >= 15 is 0 Å². The lowest BCUT2D eigenvalue weighted by atomic mass is 10.4. The van der Waals surface area contributed by atoms with Crippen molar-refractivity contribution in [2.24, 2.45) is 7.05 Å². The van der Waals surface area contributed by atoms with Gasteiger partial charge in [-0.1, -0.05) is 13.8 Å². The van der Waals surface area contributed by atoms with E-state index in [0.29, 0.717) is 12.0 Å². The molecule has 1 aromatic rings. The lowest BCUT2D eigenvalue weighted by Crippen LogP contribution is -2.33. The predicted octanol–water partition coefficient (Wildman–Crippen LogP) is -0.248.